The highest BCUT2D eigenvalue weighted by Gasteiger charge is 2.17. The molecule has 24 heavy (non-hydrogen) atoms. The van der Waals surface area contributed by atoms with Crippen molar-refractivity contribution in [2.45, 2.75) is 26.8 Å². The Balaban J connectivity index is 1.72. The number of carbonyl (C=O) groups excluding carboxylic acids is 1. The minimum absolute atomic E-state index is 0.100. The molecule has 0 bridgehead atoms. The second kappa shape index (κ2) is 7.01. The Bertz CT molecular complexity index is 833. The van der Waals surface area contributed by atoms with Crippen LogP contribution in [0.4, 0.5) is 0 Å². The number of amides is 1. The Hall–Kier alpha value is -2.40. The number of thiazole rings is 1. The molecule has 4 nitrogen and oxygen atoms in total. The Morgan fingerprint density at radius 1 is 1.21 bits per heavy atom. The van der Waals surface area contributed by atoms with Crippen LogP contribution in [-0.4, -0.2) is 22.8 Å². The highest BCUT2D eigenvalue weighted by atomic mass is 32.1. The maximum absolute atomic E-state index is 12.5. The third-order valence-electron chi connectivity index (χ3n) is 3.87. The monoisotopic (exact) mass is 340 g/mol. The molecule has 0 saturated heterocycles. The largest absolute Gasteiger partial charge is 0.464 e. The van der Waals surface area contributed by atoms with E-state index in [4.69, 9.17) is 4.42 Å². The fourth-order valence-corrected chi connectivity index (χ4v) is 3.26. The zero-order valence-electron chi connectivity index (χ0n) is 14.1. The standard InChI is InChI=1S/C19H20N2O2S/c1-4-14-6-8-15(9-7-14)18-20-17(12-24-18)19(22)21(3)11-16-10-5-13(2)23-16/h5-10,12H,4,11H2,1-3H3. The third-order valence-corrected chi connectivity index (χ3v) is 4.76. The summed E-state index contributed by atoms with van der Waals surface area (Å²) in [4.78, 5) is 18.7. The van der Waals surface area contributed by atoms with Crippen LogP contribution in [0.2, 0.25) is 0 Å². The van der Waals surface area contributed by atoms with E-state index < -0.39 is 0 Å². The van der Waals surface area contributed by atoms with Crippen LogP contribution in [-0.2, 0) is 13.0 Å². The molecule has 0 spiro atoms. The SMILES string of the molecule is CCc1ccc(-c2nc(C(=O)N(C)Cc3ccc(C)o3)cs2)cc1. The highest BCUT2D eigenvalue weighted by Crippen LogP contribution is 2.25. The van der Waals surface area contributed by atoms with Gasteiger partial charge in [0.2, 0.25) is 0 Å². The molecule has 1 aromatic carbocycles. The first-order valence-electron chi connectivity index (χ1n) is 7.92. The lowest BCUT2D eigenvalue weighted by Gasteiger charge is -2.14. The Kier molecular flexibility index (Phi) is 4.81. The van der Waals surface area contributed by atoms with Crippen molar-refractivity contribution in [1.29, 1.82) is 0 Å². The fourth-order valence-electron chi connectivity index (χ4n) is 2.46. The molecule has 0 aliphatic rings. The summed E-state index contributed by atoms with van der Waals surface area (Å²) in [5.74, 6) is 1.52. The van der Waals surface area contributed by atoms with E-state index in [0.29, 0.717) is 12.2 Å². The number of nitrogens with zero attached hydrogens (tertiary/aromatic N) is 2. The summed E-state index contributed by atoms with van der Waals surface area (Å²) < 4.78 is 5.52. The molecule has 3 rings (SSSR count). The molecule has 0 aliphatic carbocycles. The number of hydrogen-bond donors (Lipinski definition) is 0. The topological polar surface area (TPSA) is 46.3 Å². The van der Waals surface area contributed by atoms with E-state index in [1.165, 1.54) is 16.9 Å². The second-order valence-electron chi connectivity index (χ2n) is 5.76. The van der Waals surface area contributed by atoms with Crippen molar-refractivity contribution in [3.63, 3.8) is 0 Å². The molecule has 3 aromatic rings. The van der Waals surface area contributed by atoms with E-state index in [0.717, 1.165) is 28.5 Å². The van der Waals surface area contributed by atoms with Crippen LogP contribution in [0.1, 0.15) is 34.5 Å². The van der Waals surface area contributed by atoms with E-state index in [-0.39, 0.29) is 5.91 Å². The minimum Gasteiger partial charge on any atom is -0.464 e. The van der Waals surface area contributed by atoms with Gasteiger partial charge in [0.25, 0.3) is 5.91 Å². The van der Waals surface area contributed by atoms with E-state index in [1.807, 2.05) is 24.4 Å². The maximum Gasteiger partial charge on any atom is 0.273 e. The summed E-state index contributed by atoms with van der Waals surface area (Å²) in [7, 11) is 1.76. The Morgan fingerprint density at radius 2 is 1.96 bits per heavy atom. The Morgan fingerprint density at radius 3 is 2.58 bits per heavy atom. The number of hydrogen-bond acceptors (Lipinski definition) is 4. The van der Waals surface area contributed by atoms with E-state index in [2.05, 4.69) is 36.2 Å². The zero-order chi connectivity index (χ0) is 17.1. The fraction of sp³-hybridized carbons (Fsp3) is 0.263. The van der Waals surface area contributed by atoms with Gasteiger partial charge < -0.3 is 9.32 Å². The summed E-state index contributed by atoms with van der Waals surface area (Å²) >= 11 is 1.49. The molecule has 0 radical (unpaired) electrons. The molecule has 0 saturated carbocycles. The van der Waals surface area contributed by atoms with Gasteiger partial charge in [-0.25, -0.2) is 4.98 Å². The van der Waals surface area contributed by atoms with Gasteiger partial charge in [-0.15, -0.1) is 11.3 Å². The lowest BCUT2D eigenvalue weighted by Crippen LogP contribution is -2.26. The predicted octanol–water partition coefficient (Wildman–Crippen LogP) is 4.55. The van der Waals surface area contributed by atoms with Crippen molar-refractivity contribution < 1.29 is 9.21 Å². The van der Waals surface area contributed by atoms with E-state index in [1.54, 1.807) is 11.9 Å². The molecule has 124 valence electrons. The summed E-state index contributed by atoms with van der Waals surface area (Å²) in [6, 6.07) is 12.1. The first-order valence-corrected chi connectivity index (χ1v) is 8.80. The molecule has 0 atom stereocenters. The highest BCUT2D eigenvalue weighted by molar-refractivity contribution is 7.13. The molecule has 1 amide bonds. The van der Waals surface area contributed by atoms with Gasteiger partial charge in [0.1, 0.15) is 22.2 Å². The van der Waals surface area contributed by atoms with E-state index in [9.17, 15) is 4.79 Å². The van der Waals surface area contributed by atoms with Crippen molar-refractivity contribution >= 4 is 17.2 Å². The Labute approximate surface area is 145 Å². The smallest absolute Gasteiger partial charge is 0.273 e. The first-order chi connectivity index (χ1) is 11.6. The van der Waals surface area contributed by atoms with Gasteiger partial charge in [0.05, 0.1) is 6.54 Å². The van der Waals surface area contributed by atoms with Crippen molar-refractivity contribution in [1.82, 2.24) is 9.88 Å². The van der Waals surface area contributed by atoms with Crippen LogP contribution in [0.25, 0.3) is 10.6 Å². The molecule has 2 heterocycles. The predicted molar refractivity (Wildman–Crippen MR) is 96.2 cm³/mol. The van der Waals surface area contributed by atoms with Gasteiger partial charge in [-0.2, -0.15) is 0 Å². The number of carbonyl (C=O) groups is 1. The summed E-state index contributed by atoms with van der Waals surface area (Å²) in [5.41, 5.74) is 2.81. The number of aromatic nitrogens is 1. The van der Waals surface area contributed by atoms with Crippen molar-refractivity contribution in [3.8, 4) is 10.6 Å². The van der Waals surface area contributed by atoms with Crippen LogP contribution in [0.5, 0.6) is 0 Å². The van der Waals surface area contributed by atoms with Crippen molar-refractivity contribution in [3.05, 3.63) is 64.6 Å². The minimum atomic E-state index is -0.100. The number of aryl methyl sites for hydroxylation is 2. The average Bonchev–Trinajstić information content (AvgIpc) is 3.23. The van der Waals surface area contributed by atoms with Crippen molar-refractivity contribution in [2.24, 2.45) is 0 Å². The van der Waals surface area contributed by atoms with Crippen LogP contribution in [0.15, 0.2) is 46.2 Å². The van der Waals surface area contributed by atoms with Gasteiger partial charge in [-0.1, -0.05) is 31.2 Å². The number of benzene rings is 1. The second-order valence-corrected chi connectivity index (χ2v) is 6.62. The molecular weight excluding hydrogens is 320 g/mol. The number of furan rings is 1. The maximum atomic E-state index is 12.5. The quantitative estimate of drug-likeness (QED) is 0.685. The van der Waals surface area contributed by atoms with Gasteiger partial charge in [0.15, 0.2) is 0 Å². The van der Waals surface area contributed by atoms with Crippen LogP contribution < -0.4 is 0 Å². The summed E-state index contributed by atoms with van der Waals surface area (Å²) in [6.07, 6.45) is 1.01. The molecule has 5 heteroatoms. The van der Waals surface area contributed by atoms with Gasteiger partial charge >= 0.3 is 0 Å². The average molecular weight is 340 g/mol. The lowest BCUT2D eigenvalue weighted by atomic mass is 10.1. The molecule has 2 aromatic heterocycles. The lowest BCUT2D eigenvalue weighted by molar-refractivity contribution is 0.0770. The molecule has 0 N–H and O–H groups in total. The van der Waals surface area contributed by atoms with E-state index >= 15 is 0 Å². The van der Waals surface area contributed by atoms with Crippen LogP contribution in [0, 0.1) is 6.92 Å². The number of rotatable bonds is 5. The summed E-state index contributed by atoms with van der Waals surface area (Å²) in [6.45, 7) is 4.46. The van der Waals surface area contributed by atoms with Gasteiger partial charge in [-0.3, -0.25) is 4.79 Å². The molecule has 0 unspecified atom stereocenters. The normalized spacial score (nSPS) is 10.8. The van der Waals surface area contributed by atoms with Crippen molar-refractivity contribution in [2.75, 3.05) is 7.05 Å². The van der Waals surface area contributed by atoms with Crippen LogP contribution >= 0.6 is 11.3 Å². The molecular formula is C19H20N2O2S. The van der Waals surface area contributed by atoms with Crippen LogP contribution in [0.3, 0.4) is 0 Å². The first kappa shape index (κ1) is 16.5. The summed E-state index contributed by atoms with van der Waals surface area (Å²) in [5, 5.41) is 2.68. The zero-order valence-corrected chi connectivity index (χ0v) is 14.9. The van der Waals surface area contributed by atoms with Gasteiger partial charge in [-0.05, 0) is 31.0 Å². The molecule has 0 fully saturated rings. The van der Waals surface area contributed by atoms with Gasteiger partial charge in [0, 0.05) is 18.0 Å². The molecule has 0 aliphatic heterocycles. The third kappa shape index (κ3) is 3.57.